The summed E-state index contributed by atoms with van der Waals surface area (Å²) in [6.45, 7) is 0. The topological polar surface area (TPSA) is 92.3 Å². The average molecular weight is 300 g/mol. The van der Waals surface area contributed by atoms with Gasteiger partial charge in [-0.2, -0.15) is 18.3 Å². The van der Waals surface area contributed by atoms with Gasteiger partial charge in [0.05, 0.1) is 11.8 Å². The summed E-state index contributed by atoms with van der Waals surface area (Å²) in [6, 6.07) is 3.66. The summed E-state index contributed by atoms with van der Waals surface area (Å²) in [7, 11) is 0. The molecule has 1 heterocycles. The van der Waals surface area contributed by atoms with Gasteiger partial charge in [0.1, 0.15) is 11.3 Å². The van der Waals surface area contributed by atoms with Crippen LogP contribution in [0.5, 0.6) is 5.75 Å². The van der Waals surface area contributed by atoms with Crippen molar-refractivity contribution < 1.29 is 32.6 Å². The smallest absolute Gasteiger partial charge is 0.416 e. The van der Waals surface area contributed by atoms with Crippen molar-refractivity contribution in [2.24, 2.45) is 0 Å². The fourth-order valence-electron chi connectivity index (χ4n) is 1.50. The molecule has 0 radical (unpaired) electrons. The maximum absolute atomic E-state index is 12.5. The number of nitrogens with one attached hydrogen (secondary N) is 1. The first-order chi connectivity index (χ1) is 9.79. The molecule has 110 valence electrons. The van der Waals surface area contributed by atoms with Gasteiger partial charge in [-0.3, -0.25) is 5.10 Å². The fourth-order valence-corrected chi connectivity index (χ4v) is 1.50. The molecule has 2 N–H and O–H groups in total. The Morgan fingerprint density at radius 3 is 2.62 bits per heavy atom. The van der Waals surface area contributed by atoms with E-state index in [1.165, 1.54) is 0 Å². The molecular formula is C12H7F3N2O4. The summed E-state index contributed by atoms with van der Waals surface area (Å²) < 4.78 is 42.3. The van der Waals surface area contributed by atoms with Gasteiger partial charge in [-0.1, -0.05) is 6.07 Å². The lowest BCUT2D eigenvalue weighted by atomic mass is 10.2. The number of aromatic amines is 1. The Morgan fingerprint density at radius 2 is 2.00 bits per heavy atom. The second kappa shape index (κ2) is 5.27. The molecule has 0 fully saturated rings. The van der Waals surface area contributed by atoms with E-state index in [1.54, 1.807) is 0 Å². The van der Waals surface area contributed by atoms with Crippen LogP contribution in [0.1, 0.15) is 26.4 Å². The molecule has 6 nitrogen and oxygen atoms in total. The first-order valence-electron chi connectivity index (χ1n) is 5.45. The number of hydrogen-bond donors (Lipinski definition) is 2. The quantitative estimate of drug-likeness (QED) is 0.670. The average Bonchev–Trinajstić information content (AvgIpc) is 2.87. The zero-order valence-corrected chi connectivity index (χ0v) is 10.1. The van der Waals surface area contributed by atoms with Crippen LogP contribution in [0.4, 0.5) is 13.2 Å². The summed E-state index contributed by atoms with van der Waals surface area (Å²) in [6.07, 6.45) is -3.69. The predicted molar refractivity (Wildman–Crippen MR) is 61.9 cm³/mol. The maximum atomic E-state index is 12.5. The zero-order valence-electron chi connectivity index (χ0n) is 10.1. The van der Waals surface area contributed by atoms with Crippen LogP contribution in [-0.2, 0) is 6.18 Å². The second-order valence-electron chi connectivity index (χ2n) is 3.88. The minimum atomic E-state index is -4.58. The summed E-state index contributed by atoms with van der Waals surface area (Å²) >= 11 is 0. The highest BCUT2D eigenvalue weighted by Crippen LogP contribution is 2.31. The van der Waals surface area contributed by atoms with E-state index in [9.17, 15) is 22.8 Å². The molecule has 21 heavy (non-hydrogen) atoms. The van der Waals surface area contributed by atoms with Gasteiger partial charge >= 0.3 is 18.1 Å². The summed E-state index contributed by atoms with van der Waals surface area (Å²) in [5.41, 5.74) is -1.89. The first kappa shape index (κ1) is 14.6. The van der Waals surface area contributed by atoms with Gasteiger partial charge in [-0.15, -0.1) is 0 Å². The SMILES string of the molecule is O=C(O)c1cn[nH]c1C(=O)Oc1cccc(C(F)(F)F)c1. The van der Waals surface area contributed by atoms with E-state index < -0.39 is 34.9 Å². The van der Waals surface area contributed by atoms with Crippen molar-refractivity contribution in [2.45, 2.75) is 6.18 Å². The second-order valence-corrected chi connectivity index (χ2v) is 3.88. The lowest BCUT2D eigenvalue weighted by molar-refractivity contribution is -0.137. The van der Waals surface area contributed by atoms with Gasteiger partial charge < -0.3 is 9.84 Å². The third-order valence-corrected chi connectivity index (χ3v) is 2.45. The van der Waals surface area contributed by atoms with Crippen LogP contribution in [0.2, 0.25) is 0 Å². The number of alkyl halides is 3. The minimum absolute atomic E-state index is 0.360. The summed E-state index contributed by atoms with van der Waals surface area (Å²) in [5, 5.41) is 14.3. The molecule has 0 bridgehead atoms. The number of carboxylic acids is 1. The third-order valence-electron chi connectivity index (χ3n) is 2.45. The van der Waals surface area contributed by atoms with E-state index >= 15 is 0 Å². The number of aromatic carboxylic acids is 1. The molecule has 0 spiro atoms. The van der Waals surface area contributed by atoms with E-state index in [0.29, 0.717) is 6.07 Å². The van der Waals surface area contributed by atoms with Gasteiger partial charge in [0.15, 0.2) is 5.69 Å². The Labute approximate surface area is 115 Å². The molecule has 0 atom stereocenters. The first-order valence-corrected chi connectivity index (χ1v) is 5.45. The summed E-state index contributed by atoms with van der Waals surface area (Å²) in [5.74, 6) is -2.93. The fraction of sp³-hybridized carbons (Fsp3) is 0.0833. The number of benzene rings is 1. The number of aromatic nitrogens is 2. The van der Waals surface area contributed by atoms with Crippen molar-refractivity contribution in [1.82, 2.24) is 10.2 Å². The van der Waals surface area contributed by atoms with Gasteiger partial charge in [-0.25, -0.2) is 9.59 Å². The number of carbonyl (C=O) groups excluding carboxylic acids is 1. The molecule has 1 aromatic carbocycles. The van der Waals surface area contributed by atoms with Gasteiger partial charge in [0.2, 0.25) is 0 Å². The number of halogens is 3. The van der Waals surface area contributed by atoms with Crippen molar-refractivity contribution >= 4 is 11.9 Å². The van der Waals surface area contributed by atoms with Gasteiger partial charge in [0.25, 0.3) is 0 Å². The highest BCUT2D eigenvalue weighted by atomic mass is 19.4. The minimum Gasteiger partial charge on any atom is -0.478 e. The van der Waals surface area contributed by atoms with Crippen LogP contribution in [0.15, 0.2) is 30.5 Å². The monoisotopic (exact) mass is 300 g/mol. The molecule has 0 aliphatic rings. The van der Waals surface area contributed by atoms with Gasteiger partial charge in [-0.05, 0) is 18.2 Å². The predicted octanol–water partition coefficient (Wildman–Crippen LogP) is 2.35. The Kier molecular flexibility index (Phi) is 3.66. The van der Waals surface area contributed by atoms with Crippen molar-refractivity contribution in [3.05, 3.63) is 47.3 Å². The molecule has 0 aliphatic carbocycles. The number of hydrogen-bond acceptors (Lipinski definition) is 4. The molecule has 0 unspecified atom stereocenters. The Bertz CT molecular complexity index is 694. The molecule has 0 amide bonds. The highest BCUT2D eigenvalue weighted by molar-refractivity contribution is 6.01. The standard InChI is InChI=1S/C12H7F3N2O4/c13-12(14,15)6-2-1-3-7(4-6)21-11(20)9-8(10(18)19)5-16-17-9/h1-5H,(H,16,17)(H,18,19). The van der Waals surface area contributed by atoms with E-state index in [4.69, 9.17) is 9.84 Å². The molecule has 0 saturated heterocycles. The molecule has 0 saturated carbocycles. The largest absolute Gasteiger partial charge is 0.478 e. The number of carbonyl (C=O) groups is 2. The maximum Gasteiger partial charge on any atom is 0.416 e. The number of H-pyrrole nitrogens is 1. The normalized spacial score (nSPS) is 11.2. The molecule has 0 aliphatic heterocycles. The molecular weight excluding hydrogens is 293 g/mol. The molecule has 9 heteroatoms. The molecule has 1 aromatic heterocycles. The van der Waals surface area contributed by atoms with Crippen molar-refractivity contribution in [1.29, 1.82) is 0 Å². The summed E-state index contributed by atoms with van der Waals surface area (Å²) in [4.78, 5) is 22.5. The van der Waals surface area contributed by atoms with E-state index in [-0.39, 0.29) is 5.75 Å². The lowest BCUT2D eigenvalue weighted by Crippen LogP contribution is -2.14. The molecule has 2 aromatic rings. The number of carboxylic acid groups (broad SMARTS) is 1. The van der Waals surface area contributed by atoms with Gasteiger partial charge in [0, 0.05) is 0 Å². The van der Waals surface area contributed by atoms with Crippen molar-refractivity contribution in [3.63, 3.8) is 0 Å². The Morgan fingerprint density at radius 1 is 1.29 bits per heavy atom. The zero-order chi connectivity index (χ0) is 15.6. The van der Waals surface area contributed by atoms with E-state index in [1.807, 2.05) is 0 Å². The van der Waals surface area contributed by atoms with Crippen LogP contribution in [0, 0.1) is 0 Å². The number of nitrogens with zero attached hydrogens (tertiary/aromatic N) is 1. The van der Waals surface area contributed by atoms with Crippen LogP contribution in [0.3, 0.4) is 0 Å². The highest BCUT2D eigenvalue weighted by Gasteiger charge is 2.31. The van der Waals surface area contributed by atoms with Crippen LogP contribution < -0.4 is 4.74 Å². The molecule has 2 rings (SSSR count). The van der Waals surface area contributed by atoms with E-state index in [0.717, 1.165) is 24.4 Å². The Balaban J connectivity index is 2.24. The van der Waals surface area contributed by atoms with Crippen molar-refractivity contribution in [2.75, 3.05) is 0 Å². The third kappa shape index (κ3) is 3.19. The lowest BCUT2D eigenvalue weighted by Gasteiger charge is -2.08. The van der Waals surface area contributed by atoms with Crippen molar-refractivity contribution in [3.8, 4) is 5.75 Å². The van der Waals surface area contributed by atoms with Crippen LogP contribution in [-0.4, -0.2) is 27.2 Å². The van der Waals surface area contributed by atoms with E-state index in [2.05, 4.69) is 10.2 Å². The number of rotatable bonds is 3. The number of esters is 1. The van der Waals surface area contributed by atoms with Crippen LogP contribution >= 0.6 is 0 Å². The number of ether oxygens (including phenoxy) is 1. The van der Waals surface area contributed by atoms with Crippen LogP contribution in [0.25, 0.3) is 0 Å². The Hall–Kier alpha value is -2.84.